The monoisotopic (exact) mass is 356 g/mol. The second-order valence-corrected chi connectivity index (χ2v) is 6.76. The molecule has 2 aromatic rings. The number of carbonyl (C=O) groups excluding carboxylic acids is 1. The summed E-state index contributed by atoms with van der Waals surface area (Å²) in [7, 11) is 0. The number of anilines is 1. The molecule has 1 atom stereocenters. The molecule has 2 aliphatic heterocycles. The summed E-state index contributed by atoms with van der Waals surface area (Å²) in [5.41, 5.74) is 2.62. The molecule has 8 heteroatoms. The van der Waals surface area contributed by atoms with Crippen molar-refractivity contribution in [1.29, 1.82) is 0 Å². The average Bonchev–Trinajstić information content (AvgIpc) is 3.17. The lowest BCUT2D eigenvalue weighted by Gasteiger charge is -2.33. The van der Waals surface area contributed by atoms with Crippen molar-refractivity contribution in [2.45, 2.75) is 45.4 Å². The number of ether oxygens (including phenoxy) is 1. The maximum absolute atomic E-state index is 12.4. The summed E-state index contributed by atoms with van der Waals surface area (Å²) in [6.45, 7) is 5.69. The number of hydrogen-bond donors (Lipinski definition) is 1. The lowest BCUT2D eigenvalue weighted by atomic mass is 10.1. The molecule has 1 amide bonds. The van der Waals surface area contributed by atoms with Crippen molar-refractivity contribution in [1.82, 2.24) is 25.1 Å². The third-order valence-electron chi connectivity index (χ3n) is 4.92. The highest BCUT2D eigenvalue weighted by molar-refractivity contribution is 5.92. The summed E-state index contributed by atoms with van der Waals surface area (Å²) >= 11 is 0. The van der Waals surface area contributed by atoms with Gasteiger partial charge in [-0.1, -0.05) is 0 Å². The fourth-order valence-corrected chi connectivity index (χ4v) is 3.47. The van der Waals surface area contributed by atoms with Gasteiger partial charge in [-0.15, -0.1) is 0 Å². The third-order valence-corrected chi connectivity index (χ3v) is 4.92. The second-order valence-electron chi connectivity index (χ2n) is 6.76. The Bertz CT molecular complexity index is 790. The minimum Gasteiger partial charge on any atom is -0.376 e. The van der Waals surface area contributed by atoms with Gasteiger partial charge in [0.2, 0.25) is 5.95 Å². The molecule has 0 saturated carbocycles. The summed E-state index contributed by atoms with van der Waals surface area (Å²) < 4.78 is 7.20. The zero-order chi connectivity index (χ0) is 17.9. The van der Waals surface area contributed by atoms with Crippen molar-refractivity contribution >= 4 is 11.9 Å². The van der Waals surface area contributed by atoms with Gasteiger partial charge in [0, 0.05) is 50.1 Å². The third kappa shape index (κ3) is 3.55. The van der Waals surface area contributed by atoms with Crippen molar-refractivity contribution < 1.29 is 9.53 Å². The van der Waals surface area contributed by atoms with E-state index in [0.29, 0.717) is 18.9 Å². The van der Waals surface area contributed by atoms with E-state index in [4.69, 9.17) is 9.72 Å². The molecule has 26 heavy (non-hydrogen) atoms. The first kappa shape index (κ1) is 17.0. The average molecular weight is 356 g/mol. The van der Waals surface area contributed by atoms with Crippen LogP contribution in [0, 0.1) is 0 Å². The van der Waals surface area contributed by atoms with Crippen molar-refractivity contribution in [3.05, 3.63) is 35.4 Å². The number of fused-ring (bicyclic) bond motifs is 1. The highest BCUT2D eigenvalue weighted by atomic mass is 16.5. The van der Waals surface area contributed by atoms with Gasteiger partial charge in [-0.05, 0) is 25.8 Å². The molecule has 138 valence electrons. The van der Waals surface area contributed by atoms with E-state index in [1.807, 2.05) is 19.3 Å². The van der Waals surface area contributed by atoms with Gasteiger partial charge in [0.1, 0.15) is 5.69 Å². The van der Waals surface area contributed by atoms with E-state index < -0.39 is 0 Å². The highest BCUT2D eigenvalue weighted by Gasteiger charge is 2.25. The first-order valence-electron chi connectivity index (χ1n) is 9.24. The second kappa shape index (κ2) is 7.41. The van der Waals surface area contributed by atoms with Gasteiger partial charge in [-0.25, -0.2) is 9.97 Å². The lowest BCUT2D eigenvalue weighted by molar-refractivity contribution is 0.0927. The Morgan fingerprint density at radius 3 is 3.23 bits per heavy atom. The molecule has 1 fully saturated rings. The number of aromatic nitrogens is 4. The maximum Gasteiger partial charge on any atom is 0.272 e. The van der Waals surface area contributed by atoms with E-state index in [0.717, 1.165) is 56.1 Å². The molecule has 2 aliphatic rings. The Hall–Kier alpha value is -2.48. The van der Waals surface area contributed by atoms with Crippen LogP contribution in [0.15, 0.2) is 18.5 Å². The summed E-state index contributed by atoms with van der Waals surface area (Å²) in [5.74, 6) is 0.632. The topological polar surface area (TPSA) is 85.2 Å². The van der Waals surface area contributed by atoms with Crippen LogP contribution in [-0.4, -0.2) is 51.4 Å². The molecule has 2 aromatic heterocycles. The molecule has 0 spiro atoms. The lowest BCUT2D eigenvalue weighted by Crippen LogP contribution is -2.48. The Labute approximate surface area is 152 Å². The number of rotatable bonds is 4. The van der Waals surface area contributed by atoms with Crippen LogP contribution in [0.5, 0.6) is 0 Å². The summed E-state index contributed by atoms with van der Waals surface area (Å²) in [4.78, 5) is 23.8. The quantitative estimate of drug-likeness (QED) is 0.885. The Morgan fingerprint density at radius 2 is 2.38 bits per heavy atom. The molecule has 0 radical (unpaired) electrons. The van der Waals surface area contributed by atoms with Crippen molar-refractivity contribution in [2.75, 3.05) is 24.6 Å². The normalized spacial score (nSPS) is 19.9. The van der Waals surface area contributed by atoms with Crippen LogP contribution in [0.25, 0.3) is 0 Å². The van der Waals surface area contributed by atoms with Gasteiger partial charge in [0.05, 0.1) is 18.9 Å². The maximum atomic E-state index is 12.4. The number of aryl methyl sites for hydroxylation is 1. The number of nitrogens with zero attached hydrogens (tertiary/aromatic N) is 5. The first-order chi connectivity index (χ1) is 12.7. The van der Waals surface area contributed by atoms with E-state index in [1.54, 1.807) is 10.7 Å². The van der Waals surface area contributed by atoms with E-state index >= 15 is 0 Å². The molecule has 4 heterocycles. The first-order valence-corrected chi connectivity index (χ1v) is 9.24. The Kier molecular flexibility index (Phi) is 4.83. The zero-order valence-electron chi connectivity index (χ0n) is 15.0. The van der Waals surface area contributed by atoms with Gasteiger partial charge in [0.15, 0.2) is 0 Å². The van der Waals surface area contributed by atoms with Crippen LogP contribution in [-0.2, 0) is 24.3 Å². The number of amides is 1. The van der Waals surface area contributed by atoms with E-state index in [2.05, 4.69) is 20.3 Å². The smallest absolute Gasteiger partial charge is 0.272 e. The molecular weight excluding hydrogens is 332 g/mol. The minimum atomic E-state index is -0.118. The SMILES string of the molecule is CCn1ccc(C(=O)N[C@@H]2CCCN(c3ncc4c(n3)CCOC4)C2)n1. The molecule has 0 bridgehead atoms. The van der Waals surface area contributed by atoms with Crippen LogP contribution in [0.2, 0.25) is 0 Å². The van der Waals surface area contributed by atoms with Gasteiger partial charge in [-0.3, -0.25) is 9.48 Å². The van der Waals surface area contributed by atoms with Gasteiger partial charge >= 0.3 is 0 Å². The molecule has 0 aromatic carbocycles. The van der Waals surface area contributed by atoms with E-state index in [-0.39, 0.29) is 11.9 Å². The molecule has 0 aliphatic carbocycles. The van der Waals surface area contributed by atoms with Gasteiger partial charge in [-0.2, -0.15) is 5.10 Å². The predicted octanol–water partition coefficient (Wildman–Crippen LogP) is 1.16. The fourth-order valence-electron chi connectivity index (χ4n) is 3.47. The number of hydrogen-bond acceptors (Lipinski definition) is 6. The highest BCUT2D eigenvalue weighted by Crippen LogP contribution is 2.20. The molecule has 4 rings (SSSR count). The van der Waals surface area contributed by atoms with Gasteiger partial charge < -0.3 is 15.0 Å². The van der Waals surface area contributed by atoms with Crippen LogP contribution < -0.4 is 10.2 Å². The largest absolute Gasteiger partial charge is 0.376 e. The standard InChI is InChI=1S/C18H24N6O2/c1-2-24-8-5-16(22-24)17(25)20-14-4-3-7-23(11-14)18-19-10-13-12-26-9-6-15(13)21-18/h5,8,10,14H,2-4,6-7,9,11-12H2,1H3,(H,20,25)/t14-/m1/s1. The Morgan fingerprint density at radius 1 is 1.46 bits per heavy atom. The summed E-state index contributed by atoms with van der Waals surface area (Å²) in [5, 5.41) is 7.38. The minimum absolute atomic E-state index is 0.0750. The van der Waals surface area contributed by atoms with Gasteiger partial charge in [0.25, 0.3) is 5.91 Å². The van der Waals surface area contributed by atoms with Crippen molar-refractivity contribution in [3.63, 3.8) is 0 Å². The van der Waals surface area contributed by atoms with Crippen LogP contribution in [0.4, 0.5) is 5.95 Å². The van der Waals surface area contributed by atoms with Crippen LogP contribution in [0.1, 0.15) is 41.5 Å². The summed E-state index contributed by atoms with van der Waals surface area (Å²) in [6, 6.07) is 1.83. The number of carbonyl (C=O) groups is 1. The van der Waals surface area contributed by atoms with Crippen molar-refractivity contribution in [2.24, 2.45) is 0 Å². The Balaban J connectivity index is 1.41. The molecule has 0 unspecified atom stereocenters. The molecule has 1 N–H and O–H groups in total. The zero-order valence-corrected chi connectivity index (χ0v) is 15.0. The predicted molar refractivity (Wildman–Crippen MR) is 96.0 cm³/mol. The van der Waals surface area contributed by atoms with E-state index in [9.17, 15) is 4.79 Å². The van der Waals surface area contributed by atoms with E-state index in [1.165, 1.54) is 0 Å². The molecule has 8 nitrogen and oxygen atoms in total. The molecular formula is C18H24N6O2. The van der Waals surface area contributed by atoms with Crippen LogP contribution >= 0.6 is 0 Å². The molecule has 1 saturated heterocycles. The van der Waals surface area contributed by atoms with Crippen molar-refractivity contribution in [3.8, 4) is 0 Å². The fraction of sp³-hybridized carbons (Fsp3) is 0.556. The van der Waals surface area contributed by atoms with Crippen LogP contribution in [0.3, 0.4) is 0 Å². The number of piperidine rings is 1. The number of nitrogens with one attached hydrogen (secondary N) is 1. The summed E-state index contributed by atoms with van der Waals surface area (Å²) in [6.07, 6.45) is 6.48.